The molecule has 0 aromatic heterocycles. The van der Waals surface area contributed by atoms with Crippen LogP contribution in [0.5, 0.6) is 0 Å². The van der Waals surface area contributed by atoms with Gasteiger partial charge in [0.05, 0.1) is 0 Å². The first-order chi connectivity index (χ1) is 15.5. The second kappa shape index (κ2) is 9.34. The highest BCUT2D eigenvalue weighted by atomic mass is 16.5. The Morgan fingerprint density at radius 1 is 0.848 bits per heavy atom. The minimum absolute atomic E-state index is 0.0967. The van der Waals surface area contributed by atoms with E-state index in [9.17, 15) is 4.79 Å². The van der Waals surface area contributed by atoms with E-state index in [1.54, 1.807) is 6.92 Å². The molecule has 4 saturated carbocycles. The maximum atomic E-state index is 11.7. The van der Waals surface area contributed by atoms with Crippen molar-refractivity contribution in [1.82, 2.24) is 0 Å². The zero-order valence-corrected chi connectivity index (χ0v) is 22.9. The molecule has 0 radical (unpaired) electrons. The van der Waals surface area contributed by atoms with E-state index in [-0.39, 0.29) is 12.1 Å². The molecule has 0 amide bonds. The van der Waals surface area contributed by atoms with Crippen molar-refractivity contribution in [2.24, 2.45) is 64.1 Å². The number of allylic oxidation sites excluding steroid dienone is 2. The van der Waals surface area contributed by atoms with Gasteiger partial charge in [0.15, 0.2) is 0 Å². The van der Waals surface area contributed by atoms with Gasteiger partial charge in [0, 0.05) is 6.92 Å². The fraction of sp³-hybridized carbons (Fsp3) is 0.903. The van der Waals surface area contributed by atoms with Crippen molar-refractivity contribution in [3.63, 3.8) is 0 Å². The maximum absolute atomic E-state index is 11.7. The molecule has 2 heteroatoms. The summed E-state index contributed by atoms with van der Waals surface area (Å²) in [6.45, 7) is 18.8. The summed E-state index contributed by atoms with van der Waals surface area (Å²) in [6, 6.07) is 0. The summed E-state index contributed by atoms with van der Waals surface area (Å²) in [5.74, 6) is 6.78. The Kier molecular flexibility index (Phi) is 7.17. The van der Waals surface area contributed by atoms with E-state index >= 15 is 0 Å². The number of esters is 1. The Labute approximate surface area is 204 Å². The third-order valence-corrected chi connectivity index (χ3v) is 11.9. The summed E-state index contributed by atoms with van der Waals surface area (Å²) in [7, 11) is 0. The highest BCUT2D eigenvalue weighted by Crippen LogP contribution is 2.69. The Morgan fingerprint density at radius 2 is 1.48 bits per heavy atom. The molecule has 4 aliphatic carbocycles. The molecule has 0 heterocycles. The Bertz CT molecular complexity index is 739. The first-order valence-electron chi connectivity index (χ1n) is 14.3. The lowest BCUT2D eigenvalue weighted by Crippen LogP contribution is -2.56. The average Bonchev–Trinajstić information content (AvgIpc) is 3.11. The van der Waals surface area contributed by atoms with Gasteiger partial charge in [0.1, 0.15) is 6.10 Å². The molecule has 4 rings (SSSR count). The van der Waals surface area contributed by atoms with E-state index in [0.29, 0.717) is 28.6 Å². The van der Waals surface area contributed by atoms with Crippen molar-refractivity contribution < 1.29 is 9.53 Å². The zero-order valence-electron chi connectivity index (χ0n) is 22.9. The van der Waals surface area contributed by atoms with Crippen molar-refractivity contribution >= 4 is 5.97 Å². The van der Waals surface area contributed by atoms with Crippen LogP contribution in [0, 0.1) is 64.1 Å². The van der Waals surface area contributed by atoms with E-state index in [2.05, 4.69) is 60.6 Å². The van der Waals surface area contributed by atoms with Crippen molar-refractivity contribution in [3.8, 4) is 0 Å². The molecule has 0 spiro atoms. The summed E-state index contributed by atoms with van der Waals surface area (Å²) in [6.07, 6.45) is 16.0. The predicted octanol–water partition coefficient (Wildman–Crippen LogP) is 8.31. The SMILES string of the molecule is CC(=O)OC1CCC2(C)C(CCC3C4CCC(C(C)C=CC(C)C(C)C)C4(C)CCC32)C1C. The van der Waals surface area contributed by atoms with Gasteiger partial charge in [0.25, 0.3) is 0 Å². The van der Waals surface area contributed by atoms with Gasteiger partial charge in [-0.15, -0.1) is 0 Å². The Hall–Kier alpha value is -0.790. The smallest absolute Gasteiger partial charge is 0.302 e. The normalized spacial score (nSPS) is 47.0. The molecule has 0 bridgehead atoms. The standard InChI is InChI=1S/C31H52O2/c1-19(2)20(3)9-10-21(4)25-13-14-27-24-11-12-26-22(5)29(33-23(6)32)16-18-31(26,8)28(24)15-17-30(25,27)7/h9-10,19-22,24-29H,11-18H2,1-8H3. The van der Waals surface area contributed by atoms with Crippen molar-refractivity contribution in [2.45, 2.75) is 113 Å². The molecule has 4 aliphatic rings. The molecule has 11 unspecified atom stereocenters. The number of ether oxygens (including phenoxy) is 1. The average molecular weight is 457 g/mol. The van der Waals surface area contributed by atoms with E-state index in [1.165, 1.54) is 44.9 Å². The minimum Gasteiger partial charge on any atom is -0.462 e. The summed E-state index contributed by atoms with van der Waals surface area (Å²) < 4.78 is 5.77. The van der Waals surface area contributed by atoms with Crippen LogP contribution in [0.3, 0.4) is 0 Å². The molecule has 4 fully saturated rings. The summed E-state index contributed by atoms with van der Waals surface area (Å²) in [5, 5.41) is 0. The van der Waals surface area contributed by atoms with Crippen molar-refractivity contribution in [2.75, 3.05) is 0 Å². The van der Waals surface area contributed by atoms with Crippen LogP contribution >= 0.6 is 0 Å². The molecule has 0 aliphatic heterocycles. The first kappa shape index (κ1) is 25.3. The van der Waals surface area contributed by atoms with Gasteiger partial charge in [-0.05, 0) is 115 Å². The number of hydrogen-bond acceptors (Lipinski definition) is 2. The quantitative estimate of drug-likeness (QED) is 0.307. The van der Waals surface area contributed by atoms with Crippen LogP contribution < -0.4 is 0 Å². The van der Waals surface area contributed by atoms with E-state index in [0.717, 1.165) is 41.9 Å². The topological polar surface area (TPSA) is 26.3 Å². The van der Waals surface area contributed by atoms with Crippen LogP contribution in [0.25, 0.3) is 0 Å². The van der Waals surface area contributed by atoms with Gasteiger partial charge in [-0.1, -0.05) is 60.6 Å². The highest BCUT2D eigenvalue weighted by Gasteiger charge is 2.61. The van der Waals surface area contributed by atoms with Gasteiger partial charge < -0.3 is 4.74 Å². The summed E-state index contributed by atoms with van der Waals surface area (Å²) >= 11 is 0. The number of carbonyl (C=O) groups is 1. The van der Waals surface area contributed by atoms with Gasteiger partial charge in [-0.2, -0.15) is 0 Å². The number of carbonyl (C=O) groups excluding carboxylic acids is 1. The van der Waals surface area contributed by atoms with Crippen LogP contribution in [0.2, 0.25) is 0 Å². The molecule has 0 aromatic rings. The molecule has 188 valence electrons. The molecule has 0 aromatic carbocycles. The van der Waals surface area contributed by atoms with E-state index in [4.69, 9.17) is 4.74 Å². The predicted molar refractivity (Wildman–Crippen MR) is 138 cm³/mol. The largest absolute Gasteiger partial charge is 0.462 e. The molecule has 33 heavy (non-hydrogen) atoms. The molecular formula is C31H52O2. The van der Waals surface area contributed by atoms with E-state index in [1.807, 2.05) is 0 Å². The van der Waals surface area contributed by atoms with Crippen LogP contribution in [0.4, 0.5) is 0 Å². The first-order valence-corrected chi connectivity index (χ1v) is 14.3. The van der Waals surface area contributed by atoms with Crippen molar-refractivity contribution in [3.05, 3.63) is 12.2 Å². The Balaban J connectivity index is 1.49. The fourth-order valence-electron chi connectivity index (χ4n) is 9.69. The summed E-state index contributed by atoms with van der Waals surface area (Å²) in [5.41, 5.74) is 0.965. The van der Waals surface area contributed by atoms with Gasteiger partial charge in [-0.3, -0.25) is 4.79 Å². The van der Waals surface area contributed by atoms with Crippen molar-refractivity contribution in [1.29, 1.82) is 0 Å². The van der Waals surface area contributed by atoms with Crippen LogP contribution in [-0.2, 0) is 9.53 Å². The van der Waals surface area contributed by atoms with Crippen LogP contribution in [0.1, 0.15) is 107 Å². The number of rotatable bonds is 5. The Morgan fingerprint density at radius 3 is 2.15 bits per heavy atom. The van der Waals surface area contributed by atoms with Gasteiger partial charge in [-0.25, -0.2) is 0 Å². The second-order valence-corrected chi connectivity index (χ2v) is 13.7. The van der Waals surface area contributed by atoms with Gasteiger partial charge >= 0.3 is 5.97 Å². The van der Waals surface area contributed by atoms with Gasteiger partial charge in [0.2, 0.25) is 0 Å². The molecule has 2 nitrogen and oxygen atoms in total. The zero-order chi connectivity index (χ0) is 24.1. The number of fused-ring (bicyclic) bond motifs is 5. The molecular weight excluding hydrogens is 404 g/mol. The lowest BCUT2D eigenvalue weighted by atomic mass is 9.43. The molecule has 0 N–H and O–H groups in total. The van der Waals surface area contributed by atoms with E-state index < -0.39 is 0 Å². The molecule has 0 saturated heterocycles. The number of hydrogen-bond donors (Lipinski definition) is 0. The fourth-order valence-corrected chi connectivity index (χ4v) is 9.69. The maximum Gasteiger partial charge on any atom is 0.302 e. The third-order valence-electron chi connectivity index (χ3n) is 11.9. The summed E-state index contributed by atoms with van der Waals surface area (Å²) in [4.78, 5) is 11.7. The van der Waals surface area contributed by atoms with Crippen LogP contribution in [-0.4, -0.2) is 12.1 Å². The monoisotopic (exact) mass is 456 g/mol. The lowest BCUT2D eigenvalue weighted by molar-refractivity contribution is -0.173. The highest BCUT2D eigenvalue weighted by molar-refractivity contribution is 5.66. The minimum atomic E-state index is -0.0967. The molecule has 11 atom stereocenters. The second-order valence-electron chi connectivity index (χ2n) is 13.7. The third kappa shape index (κ3) is 4.35. The lowest BCUT2D eigenvalue weighted by Gasteiger charge is -2.62. The van der Waals surface area contributed by atoms with Crippen LogP contribution in [0.15, 0.2) is 12.2 Å².